The standard InChI is InChI=1S/C15H21N3/c1-17-10-12(14-6-2-3-7-15(14)17)11-18-8-4-5-13(18)9-16/h2-3,6-7,10,13H,4-5,8-9,11,16H2,1H3. The first kappa shape index (κ1) is 11.8. The fourth-order valence-electron chi connectivity index (χ4n) is 3.14. The molecule has 1 aliphatic rings. The zero-order valence-electron chi connectivity index (χ0n) is 11.0. The molecule has 96 valence electrons. The van der Waals surface area contributed by atoms with Gasteiger partial charge in [-0.25, -0.2) is 0 Å². The first-order chi connectivity index (χ1) is 8.79. The number of nitrogens with zero attached hydrogens (tertiary/aromatic N) is 2. The molecule has 1 saturated heterocycles. The number of para-hydroxylation sites is 1. The number of aromatic nitrogens is 1. The summed E-state index contributed by atoms with van der Waals surface area (Å²) in [6, 6.07) is 9.20. The third kappa shape index (κ3) is 1.93. The molecule has 18 heavy (non-hydrogen) atoms. The molecule has 2 aromatic rings. The Balaban J connectivity index is 1.91. The van der Waals surface area contributed by atoms with Crippen molar-refractivity contribution in [2.24, 2.45) is 12.8 Å². The molecule has 1 aromatic heterocycles. The van der Waals surface area contributed by atoms with Gasteiger partial charge in [0, 0.05) is 43.3 Å². The van der Waals surface area contributed by atoms with Crippen LogP contribution in [0.2, 0.25) is 0 Å². The van der Waals surface area contributed by atoms with E-state index in [2.05, 4.69) is 47.0 Å². The first-order valence-electron chi connectivity index (χ1n) is 6.76. The van der Waals surface area contributed by atoms with Gasteiger partial charge >= 0.3 is 0 Å². The van der Waals surface area contributed by atoms with Crippen LogP contribution < -0.4 is 5.73 Å². The minimum Gasteiger partial charge on any atom is -0.350 e. The van der Waals surface area contributed by atoms with Gasteiger partial charge in [0.25, 0.3) is 0 Å². The summed E-state index contributed by atoms with van der Waals surface area (Å²) < 4.78 is 2.22. The lowest BCUT2D eigenvalue weighted by Crippen LogP contribution is -2.34. The molecule has 1 aliphatic heterocycles. The van der Waals surface area contributed by atoms with Gasteiger partial charge in [0.15, 0.2) is 0 Å². The Kier molecular flexibility index (Phi) is 3.10. The summed E-state index contributed by atoms with van der Waals surface area (Å²) in [5.41, 5.74) is 8.59. The number of hydrogen-bond acceptors (Lipinski definition) is 2. The third-order valence-corrected chi connectivity index (χ3v) is 4.12. The molecule has 0 radical (unpaired) electrons. The van der Waals surface area contributed by atoms with Crippen LogP contribution in [-0.2, 0) is 13.6 Å². The average Bonchev–Trinajstić information content (AvgIpc) is 2.96. The molecular formula is C15H21N3. The van der Waals surface area contributed by atoms with Crippen molar-refractivity contribution in [3.8, 4) is 0 Å². The van der Waals surface area contributed by atoms with Gasteiger partial charge in [-0.2, -0.15) is 0 Å². The molecule has 1 atom stereocenters. The van der Waals surface area contributed by atoms with E-state index in [1.807, 2.05) is 0 Å². The summed E-state index contributed by atoms with van der Waals surface area (Å²) >= 11 is 0. The van der Waals surface area contributed by atoms with E-state index in [0.29, 0.717) is 6.04 Å². The van der Waals surface area contributed by atoms with E-state index in [9.17, 15) is 0 Å². The second-order valence-corrected chi connectivity index (χ2v) is 5.28. The van der Waals surface area contributed by atoms with Crippen molar-refractivity contribution < 1.29 is 0 Å². The SMILES string of the molecule is Cn1cc(CN2CCCC2CN)c2ccccc21. The molecule has 2 N–H and O–H groups in total. The van der Waals surface area contributed by atoms with E-state index in [1.54, 1.807) is 0 Å². The average molecular weight is 243 g/mol. The van der Waals surface area contributed by atoms with Crippen molar-refractivity contribution in [2.75, 3.05) is 13.1 Å². The van der Waals surface area contributed by atoms with E-state index < -0.39 is 0 Å². The zero-order chi connectivity index (χ0) is 12.5. The van der Waals surface area contributed by atoms with Gasteiger partial charge in [-0.15, -0.1) is 0 Å². The molecule has 1 unspecified atom stereocenters. The Hall–Kier alpha value is -1.32. The number of aryl methyl sites for hydroxylation is 1. The zero-order valence-corrected chi connectivity index (χ0v) is 11.0. The van der Waals surface area contributed by atoms with E-state index in [-0.39, 0.29) is 0 Å². The summed E-state index contributed by atoms with van der Waals surface area (Å²) in [6.45, 7) is 3.00. The normalized spacial score (nSPS) is 20.9. The highest BCUT2D eigenvalue weighted by Crippen LogP contribution is 2.25. The van der Waals surface area contributed by atoms with Crippen molar-refractivity contribution in [3.05, 3.63) is 36.0 Å². The van der Waals surface area contributed by atoms with Gasteiger partial charge in [-0.05, 0) is 31.0 Å². The summed E-state index contributed by atoms with van der Waals surface area (Å²) in [4.78, 5) is 2.53. The molecule has 0 bridgehead atoms. The maximum atomic E-state index is 5.85. The first-order valence-corrected chi connectivity index (χ1v) is 6.76. The second kappa shape index (κ2) is 4.75. The number of hydrogen-bond donors (Lipinski definition) is 1. The van der Waals surface area contributed by atoms with E-state index in [4.69, 9.17) is 5.73 Å². The van der Waals surface area contributed by atoms with Crippen LogP contribution in [0.4, 0.5) is 0 Å². The van der Waals surface area contributed by atoms with Crippen LogP contribution in [0.15, 0.2) is 30.5 Å². The minimum absolute atomic E-state index is 0.573. The van der Waals surface area contributed by atoms with Gasteiger partial charge in [-0.1, -0.05) is 18.2 Å². The summed E-state index contributed by atoms with van der Waals surface area (Å²) in [7, 11) is 2.12. The van der Waals surface area contributed by atoms with E-state index in [1.165, 1.54) is 35.9 Å². The molecule has 0 spiro atoms. The van der Waals surface area contributed by atoms with Crippen LogP contribution in [0.3, 0.4) is 0 Å². The van der Waals surface area contributed by atoms with Crippen molar-refractivity contribution in [3.63, 3.8) is 0 Å². The van der Waals surface area contributed by atoms with Crippen molar-refractivity contribution in [1.82, 2.24) is 9.47 Å². The Morgan fingerprint density at radius 1 is 1.33 bits per heavy atom. The molecular weight excluding hydrogens is 222 g/mol. The largest absolute Gasteiger partial charge is 0.350 e. The Morgan fingerprint density at radius 3 is 3.00 bits per heavy atom. The lowest BCUT2D eigenvalue weighted by atomic mass is 10.1. The van der Waals surface area contributed by atoms with Gasteiger partial charge < -0.3 is 10.3 Å². The second-order valence-electron chi connectivity index (χ2n) is 5.28. The summed E-state index contributed by atoms with van der Waals surface area (Å²) in [6.07, 6.45) is 4.80. The van der Waals surface area contributed by atoms with Crippen LogP contribution in [-0.4, -0.2) is 28.6 Å². The molecule has 3 rings (SSSR count). The Bertz CT molecular complexity index is 544. The van der Waals surface area contributed by atoms with Gasteiger partial charge in [0.2, 0.25) is 0 Å². The number of nitrogens with two attached hydrogens (primary N) is 1. The lowest BCUT2D eigenvalue weighted by Gasteiger charge is -2.22. The Labute approximate surface area is 108 Å². The number of benzene rings is 1. The molecule has 0 amide bonds. The highest BCUT2D eigenvalue weighted by molar-refractivity contribution is 5.83. The van der Waals surface area contributed by atoms with Gasteiger partial charge in [-0.3, -0.25) is 4.90 Å². The highest BCUT2D eigenvalue weighted by atomic mass is 15.2. The van der Waals surface area contributed by atoms with Crippen molar-refractivity contribution >= 4 is 10.9 Å². The van der Waals surface area contributed by atoms with Crippen LogP contribution in [0.25, 0.3) is 10.9 Å². The number of likely N-dealkylation sites (tertiary alicyclic amines) is 1. The predicted octanol–water partition coefficient (Wildman–Crippen LogP) is 2.10. The quantitative estimate of drug-likeness (QED) is 0.896. The van der Waals surface area contributed by atoms with E-state index in [0.717, 1.165) is 13.1 Å². The maximum Gasteiger partial charge on any atom is 0.0481 e. The van der Waals surface area contributed by atoms with Gasteiger partial charge in [0.05, 0.1) is 0 Å². The highest BCUT2D eigenvalue weighted by Gasteiger charge is 2.23. The van der Waals surface area contributed by atoms with Crippen LogP contribution in [0, 0.1) is 0 Å². The molecule has 2 heterocycles. The van der Waals surface area contributed by atoms with Crippen LogP contribution in [0.5, 0.6) is 0 Å². The fourth-order valence-corrected chi connectivity index (χ4v) is 3.14. The maximum absolute atomic E-state index is 5.85. The molecule has 0 saturated carbocycles. The predicted molar refractivity (Wildman–Crippen MR) is 75.4 cm³/mol. The molecule has 3 nitrogen and oxygen atoms in total. The third-order valence-electron chi connectivity index (χ3n) is 4.12. The summed E-state index contributed by atoms with van der Waals surface area (Å²) in [5, 5.41) is 1.38. The Morgan fingerprint density at radius 2 is 2.17 bits per heavy atom. The van der Waals surface area contributed by atoms with Gasteiger partial charge in [0.1, 0.15) is 0 Å². The number of rotatable bonds is 3. The molecule has 0 aliphatic carbocycles. The van der Waals surface area contributed by atoms with Crippen molar-refractivity contribution in [2.45, 2.75) is 25.4 Å². The molecule has 3 heteroatoms. The minimum atomic E-state index is 0.573. The number of fused-ring (bicyclic) bond motifs is 1. The van der Waals surface area contributed by atoms with E-state index >= 15 is 0 Å². The lowest BCUT2D eigenvalue weighted by molar-refractivity contribution is 0.251. The monoisotopic (exact) mass is 243 g/mol. The topological polar surface area (TPSA) is 34.2 Å². The van der Waals surface area contributed by atoms with Crippen molar-refractivity contribution in [1.29, 1.82) is 0 Å². The summed E-state index contributed by atoms with van der Waals surface area (Å²) in [5.74, 6) is 0. The van der Waals surface area contributed by atoms with Crippen LogP contribution in [0.1, 0.15) is 18.4 Å². The molecule has 1 aromatic carbocycles. The smallest absolute Gasteiger partial charge is 0.0481 e. The molecule has 1 fully saturated rings. The van der Waals surface area contributed by atoms with Crippen LogP contribution >= 0.6 is 0 Å². The fraction of sp³-hybridized carbons (Fsp3) is 0.467.